The second-order valence-corrected chi connectivity index (χ2v) is 6.57. The van der Waals surface area contributed by atoms with Gasteiger partial charge in [0.15, 0.2) is 0 Å². The quantitative estimate of drug-likeness (QED) is 0.593. The van der Waals surface area contributed by atoms with Crippen molar-refractivity contribution in [3.8, 4) is 0 Å². The number of hydrogen-bond acceptors (Lipinski definition) is 2. The lowest BCUT2D eigenvalue weighted by molar-refractivity contribution is 0.503. The Hall–Kier alpha value is -0.340. The van der Waals surface area contributed by atoms with Crippen LogP contribution >= 0.6 is 11.3 Å². The predicted octanol–water partition coefficient (Wildman–Crippen LogP) is 5.38. The molecule has 1 atom stereocenters. The molecule has 1 unspecified atom stereocenters. The molecule has 0 bridgehead atoms. The molecule has 0 aliphatic rings. The van der Waals surface area contributed by atoms with Crippen molar-refractivity contribution >= 4 is 11.3 Å². The van der Waals surface area contributed by atoms with Crippen molar-refractivity contribution in [3.05, 3.63) is 21.4 Å². The molecule has 1 rings (SSSR count). The normalized spacial score (nSPS) is 12.9. The molecule has 0 radical (unpaired) electrons. The van der Waals surface area contributed by atoms with Crippen LogP contribution < -0.4 is 5.32 Å². The fraction of sp³-hybridized carbons (Fsp3) is 0.750. The molecule has 0 amide bonds. The molecule has 0 saturated carbocycles. The maximum absolute atomic E-state index is 3.47. The van der Waals surface area contributed by atoms with Crippen LogP contribution in [-0.2, 0) is 0 Å². The summed E-state index contributed by atoms with van der Waals surface area (Å²) in [5.41, 5.74) is 1.44. The highest BCUT2D eigenvalue weighted by Crippen LogP contribution is 2.29. The third kappa shape index (κ3) is 5.11. The lowest BCUT2D eigenvalue weighted by Crippen LogP contribution is -2.14. The van der Waals surface area contributed by atoms with Crippen molar-refractivity contribution in [2.24, 2.45) is 0 Å². The lowest BCUT2D eigenvalue weighted by Gasteiger charge is -2.14. The van der Waals surface area contributed by atoms with Gasteiger partial charge in [-0.1, -0.05) is 45.4 Å². The number of unbranched alkanes of at least 4 members (excludes halogenated alkanes) is 5. The standard InChI is InChI=1S/C16H29NS/c1-5-6-7-8-9-10-11-15(17-4)16-12-13(2)14(3)18-16/h12,15,17H,5-11H2,1-4H3. The highest BCUT2D eigenvalue weighted by molar-refractivity contribution is 7.12. The van der Waals surface area contributed by atoms with Crippen LogP contribution in [0.1, 0.15) is 73.2 Å². The van der Waals surface area contributed by atoms with Crippen LogP contribution in [0.2, 0.25) is 0 Å². The van der Waals surface area contributed by atoms with Crippen LogP contribution in [0.5, 0.6) is 0 Å². The zero-order valence-electron chi connectivity index (χ0n) is 12.5. The summed E-state index contributed by atoms with van der Waals surface area (Å²) in [6.45, 7) is 6.71. The van der Waals surface area contributed by atoms with Gasteiger partial charge in [0.2, 0.25) is 0 Å². The SMILES string of the molecule is CCCCCCCCC(NC)c1cc(C)c(C)s1. The fourth-order valence-corrected chi connectivity index (χ4v) is 3.52. The van der Waals surface area contributed by atoms with Crippen LogP contribution in [0.4, 0.5) is 0 Å². The summed E-state index contributed by atoms with van der Waals surface area (Å²) < 4.78 is 0. The largest absolute Gasteiger partial charge is 0.312 e. The first-order valence-electron chi connectivity index (χ1n) is 7.43. The highest BCUT2D eigenvalue weighted by Gasteiger charge is 2.12. The maximum atomic E-state index is 3.47. The molecule has 0 fully saturated rings. The number of thiophene rings is 1. The summed E-state index contributed by atoms with van der Waals surface area (Å²) in [5.74, 6) is 0. The summed E-state index contributed by atoms with van der Waals surface area (Å²) >= 11 is 1.96. The zero-order chi connectivity index (χ0) is 13.4. The zero-order valence-corrected chi connectivity index (χ0v) is 13.3. The Labute approximate surface area is 117 Å². The molecule has 1 aromatic rings. The summed E-state index contributed by atoms with van der Waals surface area (Å²) in [6, 6.07) is 2.92. The van der Waals surface area contributed by atoms with E-state index in [0.29, 0.717) is 6.04 Å². The summed E-state index contributed by atoms with van der Waals surface area (Å²) in [7, 11) is 2.09. The third-order valence-corrected chi connectivity index (χ3v) is 4.99. The fourth-order valence-electron chi connectivity index (χ4n) is 2.33. The summed E-state index contributed by atoms with van der Waals surface area (Å²) in [5, 5.41) is 3.47. The molecule has 2 heteroatoms. The Kier molecular flexibility index (Phi) is 7.60. The molecule has 1 aromatic heterocycles. The average molecular weight is 267 g/mol. The van der Waals surface area contributed by atoms with E-state index >= 15 is 0 Å². The molecule has 0 aromatic carbocycles. The molecular formula is C16H29NS. The van der Waals surface area contributed by atoms with Crippen molar-refractivity contribution < 1.29 is 0 Å². The predicted molar refractivity (Wildman–Crippen MR) is 83.6 cm³/mol. The van der Waals surface area contributed by atoms with Gasteiger partial charge in [0.25, 0.3) is 0 Å². The Bertz CT molecular complexity index is 310. The minimum atomic E-state index is 0.563. The minimum Gasteiger partial charge on any atom is -0.312 e. The molecule has 0 saturated heterocycles. The van der Waals surface area contributed by atoms with Crippen molar-refractivity contribution in [3.63, 3.8) is 0 Å². The van der Waals surface area contributed by atoms with Crippen molar-refractivity contribution in [2.75, 3.05) is 7.05 Å². The van der Waals surface area contributed by atoms with Crippen molar-refractivity contribution in [2.45, 2.75) is 71.8 Å². The molecule has 104 valence electrons. The van der Waals surface area contributed by atoms with Crippen molar-refractivity contribution in [1.82, 2.24) is 5.32 Å². The van der Waals surface area contributed by atoms with E-state index in [9.17, 15) is 0 Å². The van der Waals surface area contributed by atoms with Gasteiger partial charge in [0.05, 0.1) is 0 Å². The Morgan fingerprint density at radius 3 is 2.33 bits per heavy atom. The van der Waals surface area contributed by atoms with Gasteiger partial charge in [-0.05, 0) is 38.9 Å². The smallest absolute Gasteiger partial charge is 0.0412 e. The number of hydrogen-bond donors (Lipinski definition) is 1. The van der Waals surface area contributed by atoms with E-state index in [1.807, 2.05) is 11.3 Å². The van der Waals surface area contributed by atoms with Crippen molar-refractivity contribution in [1.29, 1.82) is 0 Å². The van der Waals surface area contributed by atoms with Gasteiger partial charge < -0.3 is 5.32 Å². The molecular weight excluding hydrogens is 238 g/mol. The summed E-state index contributed by atoms with van der Waals surface area (Å²) in [6.07, 6.45) is 9.59. The van der Waals surface area contributed by atoms with E-state index in [0.717, 1.165) is 0 Å². The van der Waals surface area contributed by atoms with E-state index in [1.54, 1.807) is 0 Å². The molecule has 0 aliphatic carbocycles. The Morgan fingerprint density at radius 2 is 1.78 bits per heavy atom. The topological polar surface area (TPSA) is 12.0 Å². The first-order valence-corrected chi connectivity index (χ1v) is 8.24. The van der Waals surface area contributed by atoms with E-state index in [1.165, 1.54) is 60.3 Å². The number of rotatable bonds is 9. The van der Waals surface area contributed by atoms with E-state index in [-0.39, 0.29) is 0 Å². The van der Waals surface area contributed by atoms with E-state index in [4.69, 9.17) is 0 Å². The molecule has 0 spiro atoms. The highest BCUT2D eigenvalue weighted by atomic mass is 32.1. The maximum Gasteiger partial charge on any atom is 0.0412 e. The third-order valence-electron chi connectivity index (χ3n) is 3.72. The second kappa shape index (κ2) is 8.71. The Morgan fingerprint density at radius 1 is 1.11 bits per heavy atom. The van der Waals surface area contributed by atoms with Gasteiger partial charge in [-0.15, -0.1) is 11.3 Å². The van der Waals surface area contributed by atoms with Crippen LogP contribution in [-0.4, -0.2) is 7.05 Å². The molecule has 1 nitrogen and oxygen atoms in total. The van der Waals surface area contributed by atoms with Gasteiger partial charge in [0.1, 0.15) is 0 Å². The summed E-state index contributed by atoms with van der Waals surface area (Å²) in [4.78, 5) is 2.98. The van der Waals surface area contributed by atoms with Crippen LogP contribution in [0.25, 0.3) is 0 Å². The van der Waals surface area contributed by atoms with E-state index in [2.05, 4.69) is 39.2 Å². The first-order chi connectivity index (χ1) is 8.69. The van der Waals surface area contributed by atoms with Gasteiger partial charge in [-0.25, -0.2) is 0 Å². The average Bonchev–Trinajstić information content (AvgIpc) is 2.69. The van der Waals surface area contributed by atoms with Crippen LogP contribution in [0.3, 0.4) is 0 Å². The number of aryl methyl sites for hydroxylation is 2. The number of nitrogens with one attached hydrogen (secondary N) is 1. The van der Waals surface area contributed by atoms with Crippen LogP contribution in [0, 0.1) is 13.8 Å². The van der Waals surface area contributed by atoms with Gasteiger partial charge >= 0.3 is 0 Å². The van der Waals surface area contributed by atoms with Crippen LogP contribution in [0.15, 0.2) is 6.07 Å². The Balaban J connectivity index is 2.29. The molecule has 0 aliphatic heterocycles. The van der Waals surface area contributed by atoms with Gasteiger partial charge in [0, 0.05) is 15.8 Å². The lowest BCUT2D eigenvalue weighted by atomic mass is 10.0. The van der Waals surface area contributed by atoms with Gasteiger partial charge in [-0.2, -0.15) is 0 Å². The molecule has 18 heavy (non-hydrogen) atoms. The van der Waals surface area contributed by atoms with E-state index < -0.39 is 0 Å². The minimum absolute atomic E-state index is 0.563. The second-order valence-electron chi connectivity index (χ2n) is 5.29. The first kappa shape index (κ1) is 15.7. The van der Waals surface area contributed by atoms with Gasteiger partial charge in [-0.3, -0.25) is 0 Å². The molecule has 1 N–H and O–H groups in total. The molecule has 1 heterocycles. The monoisotopic (exact) mass is 267 g/mol.